The van der Waals surface area contributed by atoms with Gasteiger partial charge in [0.05, 0.1) is 23.0 Å². The van der Waals surface area contributed by atoms with Crippen LogP contribution >= 0.6 is 0 Å². The molecule has 0 fully saturated rings. The first-order valence-electron chi connectivity index (χ1n) is 9.63. The molecule has 4 N–H and O–H groups in total. The van der Waals surface area contributed by atoms with Gasteiger partial charge in [0.15, 0.2) is 0 Å². The predicted octanol–water partition coefficient (Wildman–Crippen LogP) is 1.45. The number of aliphatic hydroxyl groups excluding tert-OH is 2. The topological polar surface area (TPSA) is 133 Å². The molecule has 2 aromatic rings. The van der Waals surface area contributed by atoms with Gasteiger partial charge in [-0.1, -0.05) is 38.1 Å². The number of benzene rings is 2. The average Bonchev–Trinajstić information content (AvgIpc) is 2.76. The van der Waals surface area contributed by atoms with E-state index in [9.17, 15) is 27.0 Å². The van der Waals surface area contributed by atoms with Crippen molar-refractivity contribution in [3.05, 3.63) is 48.5 Å². The van der Waals surface area contributed by atoms with Gasteiger partial charge in [0.2, 0.25) is 20.0 Å². The standard InChI is InChI=1S/C20H28N2O6S2/c1-3-17(13-23)21-29(25,26)19-9-5-15(6-10-19)16-7-11-20(12-8-16)30(27,28)22-18(4-2)14-24/h5-12,17-18,21-24H,3-4,13-14H2,1-2H3/t17-,18+. The van der Waals surface area contributed by atoms with Gasteiger partial charge in [0.1, 0.15) is 0 Å². The van der Waals surface area contributed by atoms with Gasteiger partial charge in [-0.05, 0) is 48.2 Å². The maximum atomic E-state index is 12.4. The number of nitrogens with one attached hydrogen (secondary N) is 2. The molecule has 2 rings (SSSR count). The summed E-state index contributed by atoms with van der Waals surface area (Å²) in [5.74, 6) is 0. The van der Waals surface area contributed by atoms with Crippen molar-refractivity contribution in [2.45, 2.75) is 48.6 Å². The molecule has 0 aliphatic carbocycles. The molecule has 8 nitrogen and oxygen atoms in total. The average molecular weight is 457 g/mol. The Labute approximate surface area is 178 Å². The number of sulfonamides is 2. The van der Waals surface area contributed by atoms with Crippen molar-refractivity contribution in [3.8, 4) is 11.1 Å². The van der Waals surface area contributed by atoms with Crippen LogP contribution in [0.15, 0.2) is 58.3 Å². The maximum Gasteiger partial charge on any atom is 0.240 e. The van der Waals surface area contributed by atoms with E-state index in [4.69, 9.17) is 0 Å². The fourth-order valence-corrected chi connectivity index (χ4v) is 5.35. The monoisotopic (exact) mass is 456 g/mol. The molecule has 166 valence electrons. The summed E-state index contributed by atoms with van der Waals surface area (Å²) in [5.41, 5.74) is 1.45. The van der Waals surface area contributed by atoms with E-state index in [1.165, 1.54) is 24.3 Å². The predicted molar refractivity (Wildman–Crippen MR) is 115 cm³/mol. The Morgan fingerprint density at radius 2 is 0.967 bits per heavy atom. The third-order valence-corrected chi connectivity index (χ3v) is 7.81. The van der Waals surface area contributed by atoms with E-state index in [0.717, 1.165) is 11.1 Å². The molecule has 0 aliphatic rings. The SMILES string of the molecule is CC[C@H](CO)NS(=O)(=O)c1ccc(-c2ccc(S(=O)(=O)N[C@@H](CC)CO)cc2)cc1. The van der Waals surface area contributed by atoms with Crippen LogP contribution in [-0.2, 0) is 20.0 Å². The first-order valence-corrected chi connectivity index (χ1v) is 12.6. The highest BCUT2D eigenvalue weighted by molar-refractivity contribution is 7.89. The molecule has 0 aromatic heterocycles. The van der Waals surface area contributed by atoms with E-state index in [2.05, 4.69) is 9.44 Å². The van der Waals surface area contributed by atoms with Crippen LogP contribution in [-0.4, -0.2) is 52.3 Å². The van der Waals surface area contributed by atoms with Gasteiger partial charge in [0.25, 0.3) is 0 Å². The number of rotatable bonds is 11. The first kappa shape index (κ1) is 24.4. The smallest absolute Gasteiger partial charge is 0.240 e. The van der Waals surface area contributed by atoms with Gasteiger partial charge in [-0.25, -0.2) is 26.3 Å². The molecule has 0 amide bonds. The lowest BCUT2D eigenvalue weighted by Crippen LogP contribution is -2.36. The second-order valence-corrected chi connectivity index (χ2v) is 10.3. The van der Waals surface area contributed by atoms with Gasteiger partial charge in [-0.3, -0.25) is 0 Å². The Morgan fingerprint density at radius 3 is 1.20 bits per heavy atom. The molecule has 2 atom stereocenters. The van der Waals surface area contributed by atoms with Gasteiger partial charge in [-0.15, -0.1) is 0 Å². The molecule has 2 aromatic carbocycles. The van der Waals surface area contributed by atoms with Crippen LogP contribution in [0.25, 0.3) is 11.1 Å². The van der Waals surface area contributed by atoms with Crippen molar-refractivity contribution >= 4 is 20.0 Å². The van der Waals surface area contributed by atoms with Gasteiger partial charge >= 0.3 is 0 Å². The minimum absolute atomic E-state index is 0.0798. The van der Waals surface area contributed by atoms with Crippen LogP contribution in [0.2, 0.25) is 0 Å². The van der Waals surface area contributed by atoms with Gasteiger partial charge in [0, 0.05) is 12.1 Å². The summed E-state index contributed by atoms with van der Waals surface area (Å²) in [4.78, 5) is 0.160. The van der Waals surface area contributed by atoms with E-state index in [-0.39, 0.29) is 23.0 Å². The summed E-state index contributed by atoms with van der Waals surface area (Å²) in [6.07, 6.45) is 0.935. The Morgan fingerprint density at radius 1 is 0.667 bits per heavy atom. The van der Waals surface area contributed by atoms with Crippen molar-refractivity contribution in [2.75, 3.05) is 13.2 Å². The quantitative estimate of drug-likeness (QED) is 0.405. The van der Waals surface area contributed by atoms with E-state index in [1.54, 1.807) is 38.1 Å². The van der Waals surface area contributed by atoms with Crippen molar-refractivity contribution in [2.24, 2.45) is 0 Å². The highest BCUT2D eigenvalue weighted by atomic mass is 32.2. The van der Waals surface area contributed by atoms with Crippen LogP contribution in [0.3, 0.4) is 0 Å². The van der Waals surface area contributed by atoms with Crippen LogP contribution in [0.1, 0.15) is 26.7 Å². The van der Waals surface area contributed by atoms with Gasteiger partial charge < -0.3 is 10.2 Å². The maximum absolute atomic E-state index is 12.4. The lowest BCUT2D eigenvalue weighted by molar-refractivity contribution is 0.253. The van der Waals surface area contributed by atoms with E-state index >= 15 is 0 Å². The van der Waals surface area contributed by atoms with Crippen molar-refractivity contribution in [1.82, 2.24) is 9.44 Å². The minimum Gasteiger partial charge on any atom is -0.395 e. The summed E-state index contributed by atoms with van der Waals surface area (Å²) in [6.45, 7) is 2.99. The van der Waals surface area contributed by atoms with E-state index in [1.807, 2.05) is 0 Å². The molecule has 0 unspecified atom stereocenters. The molecule has 0 spiro atoms. The summed E-state index contributed by atoms with van der Waals surface area (Å²) in [7, 11) is -7.49. The molecule has 0 bridgehead atoms. The van der Waals surface area contributed by atoms with Crippen LogP contribution in [0, 0.1) is 0 Å². The van der Waals surface area contributed by atoms with Gasteiger partial charge in [-0.2, -0.15) is 0 Å². The molecule has 10 heteroatoms. The third kappa shape index (κ3) is 6.10. The van der Waals surface area contributed by atoms with E-state index in [0.29, 0.717) is 12.8 Å². The molecule has 30 heavy (non-hydrogen) atoms. The summed E-state index contributed by atoms with van der Waals surface area (Å²) in [5, 5.41) is 18.4. The highest BCUT2D eigenvalue weighted by Crippen LogP contribution is 2.23. The highest BCUT2D eigenvalue weighted by Gasteiger charge is 2.20. The normalized spacial score (nSPS) is 14.4. The molecule has 0 heterocycles. The zero-order valence-electron chi connectivity index (χ0n) is 16.9. The lowest BCUT2D eigenvalue weighted by atomic mass is 10.1. The van der Waals surface area contributed by atoms with Crippen molar-refractivity contribution in [3.63, 3.8) is 0 Å². The zero-order valence-corrected chi connectivity index (χ0v) is 18.6. The summed E-state index contributed by atoms with van der Waals surface area (Å²) in [6, 6.07) is 11.3. The van der Waals surface area contributed by atoms with E-state index < -0.39 is 32.1 Å². The second kappa shape index (κ2) is 10.5. The Kier molecular flexibility index (Phi) is 8.53. The largest absolute Gasteiger partial charge is 0.395 e. The first-order chi connectivity index (χ1) is 14.2. The molecule has 0 saturated heterocycles. The Balaban J connectivity index is 2.20. The Bertz CT molecular complexity index is 926. The summed E-state index contributed by atoms with van der Waals surface area (Å²) >= 11 is 0. The van der Waals surface area contributed by atoms with Crippen LogP contribution < -0.4 is 9.44 Å². The molecular formula is C20H28N2O6S2. The third-order valence-electron chi connectivity index (χ3n) is 4.73. The molecule has 0 aliphatic heterocycles. The number of hydrogen-bond donors (Lipinski definition) is 4. The zero-order chi connectivity index (χ0) is 22.4. The van der Waals surface area contributed by atoms with Crippen LogP contribution in [0.4, 0.5) is 0 Å². The van der Waals surface area contributed by atoms with Crippen molar-refractivity contribution in [1.29, 1.82) is 0 Å². The number of hydrogen-bond acceptors (Lipinski definition) is 6. The molecular weight excluding hydrogens is 428 g/mol. The fraction of sp³-hybridized carbons (Fsp3) is 0.400. The molecule has 0 saturated carbocycles. The summed E-state index contributed by atoms with van der Waals surface area (Å²) < 4.78 is 54.4. The lowest BCUT2D eigenvalue weighted by Gasteiger charge is -2.15. The second-order valence-electron chi connectivity index (χ2n) is 6.87. The fourth-order valence-electron chi connectivity index (χ4n) is 2.73. The number of aliphatic hydroxyl groups is 2. The minimum atomic E-state index is -3.74. The van der Waals surface area contributed by atoms with Crippen LogP contribution in [0.5, 0.6) is 0 Å². The van der Waals surface area contributed by atoms with Crippen molar-refractivity contribution < 1.29 is 27.0 Å². The molecule has 0 radical (unpaired) electrons. The Hall–Kier alpha value is -1.82.